The van der Waals surface area contributed by atoms with Crippen molar-refractivity contribution in [2.24, 2.45) is 0 Å². The number of hydrogen-bond acceptors (Lipinski definition) is 5. The van der Waals surface area contributed by atoms with Gasteiger partial charge in [0.15, 0.2) is 0 Å². The van der Waals surface area contributed by atoms with Crippen LogP contribution in [0, 0.1) is 5.82 Å². The first-order chi connectivity index (χ1) is 8.99. The molecule has 2 N–H and O–H groups in total. The van der Waals surface area contributed by atoms with Crippen LogP contribution in [0.25, 0.3) is 0 Å². The first-order valence-electron chi connectivity index (χ1n) is 5.84. The Kier molecular flexibility index (Phi) is 5.72. The second-order valence-electron chi connectivity index (χ2n) is 3.91. The molecule has 0 aromatic heterocycles. The smallest absolute Gasteiger partial charge is 0.308 e. The fraction of sp³-hybridized carbons (Fsp3) is 0.462. The highest BCUT2D eigenvalue weighted by Gasteiger charge is 2.25. The molecule has 0 bridgehead atoms. The summed E-state index contributed by atoms with van der Waals surface area (Å²) >= 11 is 0. The quantitative estimate of drug-likeness (QED) is 0.761. The SMILES string of the molecule is CCOC(=O)CC(O)C(O)c1cc(F)ccc1OC. The Hall–Kier alpha value is -1.66. The molecule has 1 rings (SSSR count). The molecule has 0 aliphatic carbocycles. The Balaban J connectivity index is 2.83. The van der Waals surface area contributed by atoms with Gasteiger partial charge in [0.05, 0.1) is 26.2 Å². The van der Waals surface area contributed by atoms with Crippen LogP contribution in [0.2, 0.25) is 0 Å². The molecule has 0 fully saturated rings. The van der Waals surface area contributed by atoms with Crippen LogP contribution in [0.4, 0.5) is 4.39 Å². The molecule has 1 aromatic rings. The van der Waals surface area contributed by atoms with E-state index in [0.29, 0.717) is 0 Å². The Morgan fingerprint density at radius 2 is 2.11 bits per heavy atom. The number of rotatable bonds is 6. The van der Waals surface area contributed by atoms with E-state index in [1.165, 1.54) is 19.2 Å². The fourth-order valence-electron chi connectivity index (χ4n) is 1.65. The maximum atomic E-state index is 13.2. The molecule has 106 valence electrons. The number of carbonyl (C=O) groups excluding carboxylic acids is 1. The highest BCUT2D eigenvalue weighted by Crippen LogP contribution is 2.29. The molecule has 5 nitrogen and oxygen atoms in total. The lowest BCUT2D eigenvalue weighted by molar-refractivity contribution is -0.147. The number of benzene rings is 1. The third-order valence-electron chi connectivity index (χ3n) is 2.56. The maximum Gasteiger partial charge on any atom is 0.308 e. The van der Waals surface area contributed by atoms with Gasteiger partial charge in [-0.05, 0) is 25.1 Å². The minimum Gasteiger partial charge on any atom is -0.496 e. The monoisotopic (exact) mass is 272 g/mol. The number of aliphatic hydroxyl groups excluding tert-OH is 2. The number of aliphatic hydroxyl groups is 2. The van der Waals surface area contributed by atoms with Gasteiger partial charge in [-0.1, -0.05) is 0 Å². The normalized spacial score (nSPS) is 13.7. The van der Waals surface area contributed by atoms with Crippen LogP contribution in [0.1, 0.15) is 25.0 Å². The van der Waals surface area contributed by atoms with Crippen LogP contribution in [-0.4, -0.2) is 36.0 Å². The van der Waals surface area contributed by atoms with Crippen molar-refractivity contribution >= 4 is 5.97 Å². The molecule has 2 atom stereocenters. The number of hydrogen-bond donors (Lipinski definition) is 2. The maximum absolute atomic E-state index is 13.2. The molecule has 0 saturated carbocycles. The van der Waals surface area contributed by atoms with Crippen molar-refractivity contribution < 1.29 is 28.9 Å². The molecular formula is C13H17FO5. The summed E-state index contributed by atoms with van der Waals surface area (Å²) in [5.41, 5.74) is 0.0827. The average Bonchev–Trinajstić information content (AvgIpc) is 2.37. The van der Waals surface area contributed by atoms with Crippen molar-refractivity contribution in [2.45, 2.75) is 25.6 Å². The lowest BCUT2D eigenvalue weighted by atomic mass is 10.0. The number of methoxy groups -OCH3 is 1. The molecule has 0 aliphatic heterocycles. The summed E-state index contributed by atoms with van der Waals surface area (Å²) in [5, 5.41) is 19.7. The molecule has 0 heterocycles. The number of halogens is 1. The Labute approximate surface area is 110 Å². The van der Waals surface area contributed by atoms with E-state index in [2.05, 4.69) is 4.74 Å². The third-order valence-corrected chi connectivity index (χ3v) is 2.56. The molecule has 0 saturated heterocycles. The van der Waals surface area contributed by atoms with Gasteiger partial charge in [0.2, 0.25) is 0 Å². The Bertz CT molecular complexity index is 435. The molecule has 0 spiro atoms. The number of esters is 1. The minimum absolute atomic E-state index is 0.0827. The average molecular weight is 272 g/mol. The van der Waals surface area contributed by atoms with Crippen molar-refractivity contribution in [1.82, 2.24) is 0 Å². The summed E-state index contributed by atoms with van der Waals surface area (Å²) < 4.78 is 22.8. The first kappa shape index (κ1) is 15.4. The van der Waals surface area contributed by atoms with Gasteiger partial charge in [0.25, 0.3) is 0 Å². The molecule has 0 aliphatic rings. The Morgan fingerprint density at radius 1 is 1.42 bits per heavy atom. The molecule has 1 aromatic carbocycles. The molecule has 6 heteroatoms. The molecule has 0 amide bonds. The van der Waals surface area contributed by atoms with Crippen LogP contribution in [0.15, 0.2) is 18.2 Å². The highest BCUT2D eigenvalue weighted by atomic mass is 19.1. The number of ether oxygens (including phenoxy) is 2. The van der Waals surface area contributed by atoms with Gasteiger partial charge in [-0.3, -0.25) is 4.79 Å². The van der Waals surface area contributed by atoms with Gasteiger partial charge in [0, 0.05) is 5.56 Å². The van der Waals surface area contributed by atoms with Crippen LogP contribution in [0.3, 0.4) is 0 Å². The summed E-state index contributed by atoms with van der Waals surface area (Å²) in [6, 6.07) is 3.57. The topological polar surface area (TPSA) is 76.0 Å². The van der Waals surface area contributed by atoms with Gasteiger partial charge in [0.1, 0.15) is 17.7 Å². The summed E-state index contributed by atoms with van der Waals surface area (Å²) in [7, 11) is 1.36. The van der Waals surface area contributed by atoms with Crippen LogP contribution in [-0.2, 0) is 9.53 Å². The van der Waals surface area contributed by atoms with Gasteiger partial charge < -0.3 is 19.7 Å². The molecule has 19 heavy (non-hydrogen) atoms. The zero-order chi connectivity index (χ0) is 14.4. The van der Waals surface area contributed by atoms with Crippen molar-refractivity contribution in [1.29, 1.82) is 0 Å². The van der Waals surface area contributed by atoms with E-state index in [4.69, 9.17) is 4.74 Å². The predicted octanol–water partition coefficient (Wildman–Crippen LogP) is 1.18. The minimum atomic E-state index is -1.44. The van der Waals surface area contributed by atoms with E-state index in [9.17, 15) is 19.4 Å². The summed E-state index contributed by atoms with van der Waals surface area (Å²) in [6.07, 6.45) is -3.21. The fourth-order valence-corrected chi connectivity index (χ4v) is 1.65. The standard InChI is InChI=1S/C13H17FO5/c1-3-19-12(16)7-10(15)13(17)9-6-8(14)4-5-11(9)18-2/h4-6,10,13,15,17H,3,7H2,1-2H3. The molecule has 2 unspecified atom stereocenters. The van der Waals surface area contributed by atoms with Crippen LogP contribution < -0.4 is 4.74 Å². The zero-order valence-corrected chi connectivity index (χ0v) is 10.8. The van der Waals surface area contributed by atoms with E-state index in [1.54, 1.807) is 6.92 Å². The predicted molar refractivity (Wildman–Crippen MR) is 65.2 cm³/mol. The second-order valence-corrected chi connectivity index (χ2v) is 3.91. The van der Waals surface area contributed by atoms with E-state index in [1.807, 2.05) is 0 Å². The largest absolute Gasteiger partial charge is 0.496 e. The van der Waals surface area contributed by atoms with Crippen molar-refractivity contribution in [3.05, 3.63) is 29.6 Å². The second kappa shape index (κ2) is 7.06. The van der Waals surface area contributed by atoms with Gasteiger partial charge in [-0.25, -0.2) is 4.39 Å². The zero-order valence-electron chi connectivity index (χ0n) is 10.8. The van der Waals surface area contributed by atoms with E-state index in [-0.39, 0.29) is 24.3 Å². The van der Waals surface area contributed by atoms with Gasteiger partial charge in [-0.15, -0.1) is 0 Å². The van der Waals surface area contributed by atoms with Crippen LogP contribution in [0.5, 0.6) is 5.75 Å². The van der Waals surface area contributed by atoms with Gasteiger partial charge >= 0.3 is 5.97 Å². The lowest BCUT2D eigenvalue weighted by Gasteiger charge is -2.19. The lowest BCUT2D eigenvalue weighted by Crippen LogP contribution is -2.23. The van der Waals surface area contributed by atoms with E-state index >= 15 is 0 Å². The Morgan fingerprint density at radius 3 is 2.68 bits per heavy atom. The summed E-state index contributed by atoms with van der Waals surface area (Å²) in [5.74, 6) is -0.973. The summed E-state index contributed by atoms with van der Waals surface area (Å²) in [6.45, 7) is 1.82. The van der Waals surface area contributed by atoms with Crippen molar-refractivity contribution in [3.8, 4) is 5.75 Å². The highest BCUT2D eigenvalue weighted by molar-refractivity contribution is 5.70. The van der Waals surface area contributed by atoms with Crippen LogP contribution >= 0.6 is 0 Å². The van der Waals surface area contributed by atoms with E-state index < -0.39 is 24.0 Å². The number of carbonyl (C=O) groups is 1. The van der Waals surface area contributed by atoms with Crippen molar-refractivity contribution in [3.63, 3.8) is 0 Å². The van der Waals surface area contributed by atoms with E-state index in [0.717, 1.165) is 6.07 Å². The molecular weight excluding hydrogens is 255 g/mol. The third kappa shape index (κ3) is 4.18. The van der Waals surface area contributed by atoms with Gasteiger partial charge in [-0.2, -0.15) is 0 Å². The first-order valence-corrected chi connectivity index (χ1v) is 5.84. The molecule has 0 radical (unpaired) electrons. The van der Waals surface area contributed by atoms with Crippen molar-refractivity contribution in [2.75, 3.05) is 13.7 Å². The summed E-state index contributed by atoms with van der Waals surface area (Å²) in [4.78, 5) is 11.2.